The van der Waals surface area contributed by atoms with E-state index in [0.29, 0.717) is 0 Å². The van der Waals surface area contributed by atoms with E-state index in [2.05, 4.69) is 0 Å². The molecule has 0 rings (SSSR count). The fraction of sp³-hybridized carbons (Fsp3) is 0.750. The average molecular weight is 188 g/mol. The Morgan fingerprint density at radius 3 is 2.15 bits per heavy atom. The average Bonchev–Trinajstić information content (AvgIpc) is 1.81. The van der Waals surface area contributed by atoms with Crippen molar-refractivity contribution in [2.75, 3.05) is 0 Å². The zero-order chi connectivity index (χ0) is 10.6. The van der Waals surface area contributed by atoms with Crippen LogP contribution in [0.15, 0.2) is 0 Å². The van der Waals surface area contributed by atoms with Crippen LogP contribution in [0.25, 0.3) is 0 Å². The minimum atomic E-state index is -0.769. The molecule has 0 aliphatic carbocycles. The third-order valence-electron chi connectivity index (χ3n) is 1.04. The highest BCUT2D eigenvalue weighted by molar-refractivity contribution is 5.94. The maximum Gasteiger partial charge on any atom is 0.414 e. The van der Waals surface area contributed by atoms with Crippen molar-refractivity contribution in [1.82, 2.24) is 5.32 Å². The number of rotatable bonds is 1. The molecular weight excluding hydrogens is 172 g/mol. The molecule has 0 saturated carbocycles. The topological polar surface area (TPSA) is 81.4 Å². The fourth-order valence-electron chi connectivity index (χ4n) is 0.518. The van der Waals surface area contributed by atoms with E-state index in [1.165, 1.54) is 6.92 Å². The van der Waals surface area contributed by atoms with Gasteiger partial charge in [-0.2, -0.15) is 0 Å². The highest BCUT2D eigenvalue weighted by Crippen LogP contribution is 2.06. The first-order valence-corrected chi connectivity index (χ1v) is 4.02. The maximum atomic E-state index is 11.0. The second-order valence-corrected chi connectivity index (χ2v) is 3.78. The van der Waals surface area contributed by atoms with Gasteiger partial charge in [-0.25, -0.2) is 4.79 Å². The van der Waals surface area contributed by atoms with Crippen LogP contribution in [0.1, 0.15) is 27.7 Å². The number of nitrogens with one attached hydrogen (secondary N) is 1. The molecule has 2 amide bonds. The van der Waals surface area contributed by atoms with E-state index in [0.717, 1.165) is 0 Å². The third kappa shape index (κ3) is 6.10. The molecule has 1 atom stereocenters. The van der Waals surface area contributed by atoms with Gasteiger partial charge >= 0.3 is 6.09 Å². The van der Waals surface area contributed by atoms with Gasteiger partial charge in [-0.15, -0.1) is 0 Å². The van der Waals surface area contributed by atoms with Gasteiger partial charge < -0.3 is 10.5 Å². The highest BCUT2D eigenvalue weighted by Gasteiger charge is 2.19. The van der Waals surface area contributed by atoms with Crippen molar-refractivity contribution < 1.29 is 14.3 Å². The summed E-state index contributed by atoms with van der Waals surface area (Å²) in [6, 6.07) is -0.715. The first kappa shape index (κ1) is 11.9. The number of amides is 2. The molecule has 5 nitrogen and oxygen atoms in total. The molecule has 76 valence electrons. The molecule has 0 aliphatic heterocycles. The third-order valence-corrected chi connectivity index (χ3v) is 1.04. The normalized spacial score (nSPS) is 13.3. The Kier molecular flexibility index (Phi) is 3.87. The molecule has 0 aromatic heterocycles. The monoisotopic (exact) mass is 188 g/mol. The molecule has 0 aromatic rings. The Balaban J connectivity index is 3.96. The summed E-state index contributed by atoms with van der Waals surface area (Å²) in [6.07, 6.45) is -0.769. The Morgan fingerprint density at radius 2 is 1.85 bits per heavy atom. The molecule has 0 aliphatic rings. The maximum absolute atomic E-state index is 11.0. The van der Waals surface area contributed by atoms with Gasteiger partial charge in [0.25, 0.3) is 0 Å². The second-order valence-electron chi connectivity index (χ2n) is 3.78. The van der Waals surface area contributed by atoms with Crippen molar-refractivity contribution in [2.45, 2.75) is 39.3 Å². The summed E-state index contributed by atoms with van der Waals surface area (Å²) in [5, 5.41) is 2.01. The lowest BCUT2D eigenvalue weighted by Gasteiger charge is -2.19. The minimum absolute atomic E-state index is 0.547. The van der Waals surface area contributed by atoms with Gasteiger partial charge in [-0.3, -0.25) is 10.1 Å². The van der Waals surface area contributed by atoms with Gasteiger partial charge in [0.05, 0.1) is 6.04 Å². The predicted molar refractivity (Wildman–Crippen MR) is 48.0 cm³/mol. The van der Waals surface area contributed by atoms with Gasteiger partial charge in [0, 0.05) is 0 Å². The Labute approximate surface area is 77.6 Å². The number of hydrogen-bond acceptors (Lipinski definition) is 4. The molecule has 3 N–H and O–H groups in total. The molecule has 0 radical (unpaired) electrons. The molecule has 0 heterocycles. The summed E-state index contributed by atoms with van der Waals surface area (Å²) in [6.45, 7) is 6.62. The highest BCUT2D eigenvalue weighted by atomic mass is 16.6. The Bertz CT molecular complexity index is 206. The number of ether oxygens (including phenoxy) is 1. The van der Waals surface area contributed by atoms with Crippen LogP contribution in [0.5, 0.6) is 0 Å². The smallest absolute Gasteiger partial charge is 0.414 e. The SMILES string of the molecule is C[C@@H](N)C(=O)NC(=O)OC(C)(C)C. The number of carbonyl (C=O) groups excluding carboxylic acids is 2. The predicted octanol–water partition coefficient (Wildman–Crippen LogP) is 0.385. The molecule has 13 heavy (non-hydrogen) atoms. The van der Waals surface area contributed by atoms with E-state index in [1.54, 1.807) is 20.8 Å². The zero-order valence-corrected chi connectivity index (χ0v) is 8.38. The second kappa shape index (κ2) is 4.23. The van der Waals surface area contributed by atoms with Crippen LogP contribution in [0.4, 0.5) is 4.79 Å². The van der Waals surface area contributed by atoms with Gasteiger partial charge in [0.2, 0.25) is 5.91 Å². The molecule has 0 fully saturated rings. The van der Waals surface area contributed by atoms with E-state index in [9.17, 15) is 9.59 Å². The van der Waals surface area contributed by atoms with E-state index in [1.807, 2.05) is 5.32 Å². The van der Waals surface area contributed by atoms with Crippen LogP contribution < -0.4 is 11.1 Å². The Morgan fingerprint density at radius 1 is 1.38 bits per heavy atom. The number of imide groups is 1. The number of carbonyl (C=O) groups is 2. The summed E-state index contributed by atoms with van der Waals surface area (Å²) in [7, 11) is 0. The first-order valence-electron chi connectivity index (χ1n) is 4.02. The largest absolute Gasteiger partial charge is 0.444 e. The Hall–Kier alpha value is -1.10. The lowest BCUT2D eigenvalue weighted by atomic mass is 10.2. The van der Waals surface area contributed by atoms with Crippen LogP contribution in [0, 0.1) is 0 Å². The molecule has 0 saturated heterocycles. The van der Waals surface area contributed by atoms with E-state index >= 15 is 0 Å². The summed E-state index contributed by atoms with van der Waals surface area (Å²) >= 11 is 0. The lowest BCUT2D eigenvalue weighted by Crippen LogP contribution is -2.43. The minimum Gasteiger partial charge on any atom is -0.444 e. The molecule has 0 spiro atoms. The van der Waals surface area contributed by atoms with Crippen molar-refractivity contribution in [3.8, 4) is 0 Å². The van der Waals surface area contributed by atoms with Crippen molar-refractivity contribution in [2.24, 2.45) is 5.73 Å². The lowest BCUT2D eigenvalue weighted by molar-refractivity contribution is -0.121. The van der Waals surface area contributed by atoms with Crippen LogP contribution in [0.2, 0.25) is 0 Å². The summed E-state index contributed by atoms with van der Waals surface area (Å²) in [4.78, 5) is 21.9. The van der Waals surface area contributed by atoms with Crippen molar-refractivity contribution >= 4 is 12.0 Å². The van der Waals surface area contributed by atoms with Crippen LogP contribution >= 0.6 is 0 Å². The summed E-state index contributed by atoms with van der Waals surface area (Å²) in [5.41, 5.74) is 4.62. The molecule has 0 bridgehead atoms. The number of hydrogen-bond donors (Lipinski definition) is 2. The zero-order valence-electron chi connectivity index (χ0n) is 8.38. The molecule has 5 heteroatoms. The quantitative estimate of drug-likeness (QED) is 0.623. The van der Waals surface area contributed by atoms with Crippen molar-refractivity contribution in [3.05, 3.63) is 0 Å². The molecular formula is C8H16N2O3. The van der Waals surface area contributed by atoms with E-state index < -0.39 is 23.6 Å². The van der Waals surface area contributed by atoms with Gasteiger partial charge in [-0.05, 0) is 27.7 Å². The van der Waals surface area contributed by atoms with Crippen LogP contribution in [-0.4, -0.2) is 23.6 Å². The van der Waals surface area contributed by atoms with Crippen LogP contribution in [0.3, 0.4) is 0 Å². The summed E-state index contributed by atoms with van der Waals surface area (Å²) in [5.74, 6) is -0.547. The number of nitrogens with two attached hydrogens (primary N) is 1. The molecule has 0 aromatic carbocycles. The summed E-state index contributed by atoms with van der Waals surface area (Å²) < 4.78 is 4.83. The first-order chi connectivity index (χ1) is 5.72. The van der Waals surface area contributed by atoms with E-state index in [4.69, 9.17) is 10.5 Å². The van der Waals surface area contributed by atoms with Gasteiger partial charge in [-0.1, -0.05) is 0 Å². The standard InChI is InChI=1S/C8H16N2O3/c1-5(9)6(11)10-7(12)13-8(2,3)4/h5H,9H2,1-4H3,(H,10,11,12)/t5-/m1/s1. The van der Waals surface area contributed by atoms with Gasteiger partial charge in [0.1, 0.15) is 5.60 Å². The van der Waals surface area contributed by atoms with Gasteiger partial charge in [0.15, 0.2) is 0 Å². The van der Waals surface area contributed by atoms with Crippen molar-refractivity contribution in [3.63, 3.8) is 0 Å². The van der Waals surface area contributed by atoms with Crippen LogP contribution in [-0.2, 0) is 9.53 Å². The fourth-order valence-corrected chi connectivity index (χ4v) is 0.518. The molecule has 0 unspecified atom stereocenters. The van der Waals surface area contributed by atoms with Crippen molar-refractivity contribution in [1.29, 1.82) is 0 Å². The number of alkyl carbamates (subject to hydrolysis) is 1. The van der Waals surface area contributed by atoms with E-state index in [-0.39, 0.29) is 0 Å².